The third-order valence-electron chi connectivity index (χ3n) is 6.99. The number of hydrogen-bond acceptors (Lipinski definition) is 3. The summed E-state index contributed by atoms with van der Waals surface area (Å²) in [5.74, 6) is 0. The number of benzene rings is 2. The SMILES string of the molecule is Cc1cc(B2OC(C)(C)C(C)(C)O2)c2c(c1)C1C=C(CCc3ccccc3)C2O1. The van der Waals surface area contributed by atoms with Crippen LogP contribution in [0.1, 0.15) is 68.6 Å². The zero-order chi connectivity index (χ0) is 20.4. The van der Waals surface area contributed by atoms with Gasteiger partial charge in [-0.3, -0.25) is 0 Å². The lowest BCUT2D eigenvalue weighted by Gasteiger charge is -2.32. The molecule has 3 heterocycles. The largest absolute Gasteiger partial charge is 0.495 e. The van der Waals surface area contributed by atoms with Gasteiger partial charge in [0.25, 0.3) is 0 Å². The number of aryl methyl sites for hydroxylation is 2. The molecule has 29 heavy (non-hydrogen) atoms. The van der Waals surface area contributed by atoms with Crippen molar-refractivity contribution in [3.63, 3.8) is 0 Å². The summed E-state index contributed by atoms with van der Waals surface area (Å²) in [6.45, 7) is 10.6. The van der Waals surface area contributed by atoms with E-state index in [9.17, 15) is 0 Å². The normalized spacial score (nSPS) is 26.0. The lowest BCUT2D eigenvalue weighted by molar-refractivity contribution is 0.00578. The molecule has 2 unspecified atom stereocenters. The van der Waals surface area contributed by atoms with Gasteiger partial charge in [-0.2, -0.15) is 0 Å². The van der Waals surface area contributed by atoms with Crippen molar-refractivity contribution in [2.24, 2.45) is 0 Å². The first-order chi connectivity index (χ1) is 13.7. The molecular weight excluding hydrogens is 359 g/mol. The molecular formula is C25H29BO3. The van der Waals surface area contributed by atoms with Crippen LogP contribution < -0.4 is 5.46 Å². The Balaban J connectivity index is 1.45. The molecule has 0 aromatic heterocycles. The Kier molecular flexibility index (Phi) is 4.33. The fourth-order valence-corrected chi connectivity index (χ4v) is 4.68. The van der Waals surface area contributed by atoms with Gasteiger partial charge in [0.2, 0.25) is 0 Å². The Hall–Kier alpha value is -1.88. The lowest BCUT2D eigenvalue weighted by atomic mass is 9.70. The summed E-state index contributed by atoms with van der Waals surface area (Å²) < 4.78 is 19.2. The topological polar surface area (TPSA) is 27.7 Å². The number of fused-ring (bicyclic) bond motifs is 5. The van der Waals surface area contributed by atoms with Crippen molar-refractivity contribution in [2.45, 2.75) is 70.9 Å². The summed E-state index contributed by atoms with van der Waals surface area (Å²) in [6.07, 6.45) is 4.45. The van der Waals surface area contributed by atoms with Crippen LogP contribution in [0.25, 0.3) is 0 Å². The van der Waals surface area contributed by atoms with E-state index >= 15 is 0 Å². The van der Waals surface area contributed by atoms with Crippen LogP contribution in [0, 0.1) is 6.92 Å². The highest BCUT2D eigenvalue weighted by Crippen LogP contribution is 2.51. The van der Waals surface area contributed by atoms with Crippen molar-refractivity contribution in [1.29, 1.82) is 0 Å². The molecule has 0 radical (unpaired) electrons. The maximum atomic E-state index is 6.41. The summed E-state index contributed by atoms with van der Waals surface area (Å²) in [6, 6.07) is 15.2. The Bertz CT molecular complexity index is 961. The fourth-order valence-electron chi connectivity index (χ4n) is 4.68. The average Bonchev–Trinajstić information content (AvgIpc) is 3.30. The molecule has 0 saturated carbocycles. The van der Waals surface area contributed by atoms with Crippen LogP contribution in [-0.4, -0.2) is 18.3 Å². The van der Waals surface area contributed by atoms with Gasteiger partial charge < -0.3 is 14.0 Å². The van der Waals surface area contributed by atoms with Gasteiger partial charge in [0.05, 0.1) is 11.2 Å². The third kappa shape index (κ3) is 3.09. The van der Waals surface area contributed by atoms with Crippen LogP contribution in [0.4, 0.5) is 0 Å². The first-order valence-corrected chi connectivity index (χ1v) is 10.7. The zero-order valence-electron chi connectivity index (χ0n) is 18.0. The van der Waals surface area contributed by atoms with Crippen molar-refractivity contribution in [2.75, 3.05) is 0 Å². The predicted molar refractivity (Wildman–Crippen MR) is 116 cm³/mol. The van der Waals surface area contributed by atoms with Gasteiger partial charge in [0.1, 0.15) is 12.2 Å². The summed E-state index contributed by atoms with van der Waals surface area (Å²) in [4.78, 5) is 0. The van der Waals surface area contributed by atoms with Crippen LogP contribution in [-0.2, 0) is 20.5 Å². The number of ether oxygens (including phenoxy) is 1. The van der Waals surface area contributed by atoms with Crippen molar-refractivity contribution in [3.8, 4) is 0 Å². The van der Waals surface area contributed by atoms with E-state index in [4.69, 9.17) is 14.0 Å². The van der Waals surface area contributed by atoms with Crippen LogP contribution in [0.3, 0.4) is 0 Å². The molecule has 150 valence electrons. The minimum absolute atomic E-state index is 0.0216. The molecule has 3 aliphatic rings. The maximum absolute atomic E-state index is 6.41. The van der Waals surface area contributed by atoms with E-state index in [2.05, 4.69) is 83.2 Å². The van der Waals surface area contributed by atoms with Gasteiger partial charge in [-0.1, -0.05) is 48.0 Å². The van der Waals surface area contributed by atoms with Crippen LogP contribution in [0.15, 0.2) is 54.1 Å². The molecule has 2 aromatic rings. The second kappa shape index (κ2) is 6.56. The Morgan fingerprint density at radius 2 is 1.62 bits per heavy atom. The molecule has 2 aromatic carbocycles. The Labute approximate surface area is 174 Å². The molecule has 3 aliphatic heterocycles. The smallest absolute Gasteiger partial charge is 0.399 e. The van der Waals surface area contributed by atoms with Crippen molar-refractivity contribution in [3.05, 3.63) is 76.4 Å². The van der Waals surface area contributed by atoms with E-state index in [1.165, 1.54) is 27.8 Å². The van der Waals surface area contributed by atoms with E-state index in [1.807, 2.05) is 0 Å². The van der Waals surface area contributed by atoms with E-state index in [-0.39, 0.29) is 30.5 Å². The highest BCUT2D eigenvalue weighted by molar-refractivity contribution is 6.62. The molecule has 0 amide bonds. The molecule has 1 saturated heterocycles. The lowest BCUT2D eigenvalue weighted by Crippen LogP contribution is -2.41. The predicted octanol–water partition coefficient (Wildman–Crippen LogP) is 4.98. The highest BCUT2D eigenvalue weighted by Gasteiger charge is 2.54. The van der Waals surface area contributed by atoms with E-state index in [0.717, 1.165) is 18.3 Å². The molecule has 2 bridgehead atoms. The summed E-state index contributed by atoms with van der Waals surface area (Å²) >= 11 is 0. The standard InChI is InChI=1S/C25H29BO3/c1-16-13-19-21-15-18(12-11-17-9-7-6-8-10-17)23(27-21)22(19)20(14-16)26-28-24(2,3)25(4,5)29-26/h6-10,13-15,21,23H,11-12H2,1-5H3. The van der Waals surface area contributed by atoms with Crippen molar-refractivity contribution in [1.82, 2.24) is 0 Å². The first-order valence-electron chi connectivity index (χ1n) is 10.7. The van der Waals surface area contributed by atoms with Gasteiger partial charge in [-0.25, -0.2) is 0 Å². The monoisotopic (exact) mass is 388 g/mol. The molecule has 5 rings (SSSR count). The molecule has 0 N–H and O–H groups in total. The van der Waals surface area contributed by atoms with Gasteiger partial charge in [-0.15, -0.1) is 0 Å². The molecule has 0 spiro atoms. The molecule has 2 atom stereocenters. The summed E-state index contributed by atoms with van der Waals surface area (Å²) in [7, 11) is -0.355. The number of hydrogen-bond donors (Lipinski definition) is 0. The Morgan fingerprint density at radius 3 is 2.31 bits per heavy atom. The van der Waals surface area contributed by atoms with Gasteiger partial charge in [0.15, 0.2) is 0 Å². The molecule has 0 aliphatic carbocycles. The minimum atomic E-state index is -0.355. The number of rotatable bonds is 4. The van der Waals surface area contributed by atoms with E-state index in [1.54, 1.807) is 0 Å². The Morgan fingerprint density at radius 1 is 0.931 bits per heavy atom. The highest BCUT2D eigenvalue weighted by atomic mass is 16.7. The molecule has 3 nitrogen and oxygen atoms in total. The van der Waals surface area contributed by atoms with Crippen LogP contribution in [0.5, 0.6) is 0 Å². The minimum Gasteiger partial charge on any atom is -0.399 e. The van der Waals surface area contributed by atoms with Gasteiger partial charge in [0, 0.05) is 0 Å². The van der Waals surface area contributed by atoms with Crippen molar-refractivity contribution < 1.29 is 14.0 Å². The van der Waals surface area contributed by atoms with Crippen LogP contribution in [0.2, 0.25) is 0 Å². The second-order valence-electron chi connectivity index (χ2n) is 9.61. The van der Waals surface area contributed by atoms with Crippen LogP contribution >= 0.6 is 0 Å². The molecule has 4 heteroatoms. The van der Waals surface area contributed by atoms with Gasteiger partial charge in [-0.05, 0) is 81.3 Å². The summed E-state index contributed by atoms with van der Waals surface area (Å²) in [5.41, 5.74) is 6.96. The van der Waals surface area contributed by atoms with E-state index in [0.29, 0.717) is 0 Å². The van der Waals surface area contributed by atoms with Gasteiger partial charge >= 0.3 is 7.12 Å². The molecule has 1 fully saturated rings. The zero-order valence-corrected chi connectivity index (χ0v) is 18.0. The van der Waals surface area contributed by atoms with E-state index < -0.39 is 0 Å². The third-order valence-corrected chi connectivity index (χ3v) is 6.99. The maximum Gasteiger partial charge on any atom is 0.495 e. The quantitative estimate of drug-likeness (QED) is 0.546. The second-order valence-corrected chi connectivity index (χ2v) is 9.61. The van der Waals surface area contributed by atoms with Crippen molar-refractivity contribution >= 4 is 12.6 Å². The summed E-state index contributed by atoms with van der Waals surface area (Å²) in [5, 5.41) is 0. The first kappa shape index (κ1) is 19.1. The average molecular weight is 388 g/mol. The fraction of sp³-hybridized carbons (Fsp3) is 0.440.